The van der Waals surface area contributed by atoms with Crippen molar-refractivity contribution in [1.82, 2.24) is 0 Å². The highest BCUT2D eigenvalue weighted by Gasteiger charge is 2.32. The predicted octanol–water partition coefficient (Wildman–Crippen LogP) is 3.58. The second kappa shape index (κ2) is 5.40. The quantitative estimate of drug-likeness (QED) is 0.654. The maximum Gasteiger partial charge on any atom is 0.0984 e. The lowest BCUT2D eigenvalue weighted by atomic mass is 10.2. The third-order valence-electron chi connectivity index (χ3n) is 2.95. The van der Waals surface area contributed by atoms with E-state index >= 15 is 0 Å². The second-order valence-electron chi connectivity index (χ2n) is 4.53. The molecule has 3 nitrogen and oxygen atoms in total. The van der Waals surface area contributed by atoms with Gasteiger partial charge in [0.1, 0.15) is 0 Å². The number of hydrogen-bond donors (Lipinski definition) is 0. The lowest BCUT2D eigenvalue weighted by Crippen LogP contribution is -2.32. The lowest BCUT2D eigenvalue weighted by Gasteiger charge is -2.26. The number of anilines is 1. The summed E-state index contributed by atoms with van der Waals surface area (Å²) in [5.41, 5.74) is 1.17. The molecule has 0 spiro atoms. The molecule has 2 saturated heterocycles. The third-order valence-corrected chi connectivity index (χ3v) is 4.62. The van der Waals surface area contributed by atoms with Gasteiger partial charge >= 0.3 is 0 Å². The summed E-state index contributed by atoms with van der Waals surface area (Å²) in [6.07, 6.45) is 0.734. The van der Waals surface area contributed by atoms with Crippen molar-refractivity contribution in [2.75, 3.05) is 31.2 Å². The van der Waals surface area contributed by atoms with Crippen molar-refractivity contribution in [2.45, 2.75) is 12.2 Å². The van der Waals surface area contributed by atoms with Gasteiger partial charge in [-0.3, -0.25) is 0 Å². The number of ether oxygens (including phenoxy) is 2. The molecule has 0 N–H and O–H groups in total. The van der Waals surface area contributed by atoms with Crippen LogP contribution in [0.15, 0.2) is 25.6 Å². The summed E-state index contributed by atoms with van der Waals surface area (Å²) in [6.45, 7) is 3.57. The van der Waals surface area contributed by atoms with Gasteiger partial charge in [0.2, 0.25) is 0 Å². The molecule has 18 heavy (non-hydrogen) atoms. The molecule has 6 heteroatoms. The summed E-state index contributed by atoms with van der Waals surface area (Å²) in [5.74, 6) is 0. The van der Waals surface area contributed by atoms with E-state index in [1.165, 1.54) is 5.69 Å². The highest BCUT2D eigenvalue weighted by molar-refractivity contribution is 9.11. The molecule has 0 bridgehead atoms. The molecule has 2 aliphatic heterocycles. The predicted molar refractivity (Wildman–Crippen MR) is 81.2 cm³/mol. The van der Waals surface area contributed by atoms with Gasteiger partial charge in [-0.1, -0.05) is 15.9 Å². The van der Waals surface area contributed by atoms with Gasteiger partial charge in [-0.05, 0) is 44.0 Å². The number of rotatable bonds is 5. The fourth-order valence-electron chi connectivity index (χ4n) is 1.93. The monoisotopic (exact) mass is 439 g/mol. The van der Waals surface area contributed by atoms with Gasteiger partial charge in [-0.25, -0.2) is 0 Å². The Bertz CT molecular complexity index is 424. The first-order valence-electron chi connectivity index (χ1n) is 5.76. The van der Waals surface area contributed by atoms with Crippen LogP contribution in [0, 0.1) is 0 Å². The van der Waals surface area contributed by atoms with Gasteiger partial charge in [-0.15, -0.1) is 0 Å². The largest absolute Gasteiger partial charge is 0.371 e. The van der Waals surface area contributed by atoms with Crippen molar-refractivity contribution in [3.63, 3.8) is 0 Å². The van der Waals surface area contributed by atoms with E-state index in [0.29, 0.717) is 12.2 Å². The minimum Gasteiger partial charge on any atom is -0.371 e. The molecule has 1 aromatic rings. The molecule has 3 rings (SSSR count). The SMILES string of the molecule is Brc1cc(Br)c(N(CC2CO2)CC2CO2)c(Br)c1. The fraction of sp³-hybridized carbons (Fsp3) is 0.500. The maximum atomic E-state index is 5.34. The molecule has 2 aliphatic rings. The van der Waals surface area contributed by atoms with Crippen molar-refractivity contribution in [3.8, 4) is 0 Å². The molecule has 0 aromatic heterocycles. The Hall–Kier alpha value is 0.380. The Morgan fingerprint density at radius 3 is 1.83 bits per heavy atom. The van der Waals surface area contributed by atoms with E-state index < -0.39 is 0 Å². The minimum atomic E-state index is 0.367. The Kier molecular flexibility index (Phi) is 4.01. The molecule has 0 aliphatic carbocycles. The van der Waals surface area contributed by atoms with Crippen molar-refractivity contribution in [1.29, 1.82) is 0 Å². The summed E-state index contributed by atoms with van der Waals surface area (Å²) in [4.78, 5) is 2.33. The average molecular weight is 442 g/mol. The summed E-state index contributed by atoms with van der Waals surface area (Å²) in [7, 11) is 0. The van der Waals surface area contributed by atoms with E-state index in [0.717, 1.165) is 39.7 Å². The first kappa shape index (κ1) is 13.4. The molecule has 0 radical (unpaired) electrons. The van der Waals surface area contributed by atoms with Gasteiger partial charge in [0, 0.05) is 26.5 Å². The molecule has 0 saturated carbocycles. The van der Waals surface area contributed by atoms with Gasteiger partial charge in [0.05, 0.1) is 31.1 Å². The topological polar surface area (TPSA) is 28.3 Å². The van der Waals surface area contributed by atoms with Gasteiger partial charge in [0.25, 0.3) is 0 Å². The van der Waals surface area contributed by atoms with Crippen LogP contribution < -0.4 is 4.90 Å². The summed E-state index contributed by atoms with van der Waals surface area (Å²) in [6, 6.07) is 4.13. The zero-order valence-electron chi connectivity index (χ0n) is 9.54. The van der Waals surface area contributed by atoms with Crippen LogP contribution in [0.3, 0.4) is 0 Å². The second-order valence-corrected chi connectivity index (χ2v) is 7.16. The Morgan fingerprint density at radius 1 is 1.00 bits per heavy atom. The van der Waals surface area contributed by atoms with Gasteiger partial charge < -0.3 is 14.4 Å². The van der Waals surface area contributed by atoms with Crippen LogP contribution in [-0.4, -0.2) is 38.5 Å². The van der Waals surface area contributed by atoms with Crippen LogP contribution in [0.1, 0.15) is 0 Å². The Balaban J connectivity index is 1.86. The third kappa shape index (κ3) is 3.28. The zero-order valence-corrected chi connectivity index (χ0v) is 14.3. The molecule has 2 atom stereocenters. The first-order chi connectivity index (χ1) is 8.63. The summed E-state index contributed by atoms with van der Waals surface area (Å²) < 4.78 is 13.9. The van der Waals surface area contributed by atoms with Crippen LogP contribution in [0.5, 0.6) is 0 Å². The van der Waals surface area contributed by atoms with Crippen LogP contribution in [0.25, 0.3) is 0 Å². The summed E-state index contributed by atoms with van der Waals surface area (Å²) in [5, 5.41) is 0. The van der Waals surface area contributed by atoms with E-state index in [4.69, 9.17) is 9.47 Å². The molecule has 0 amide bonds. The Labute approximate surface area is 131 Å². The van der Waals surface area contributed by atoms with E-state index in [1.807, 2.05) is 0 Å². The van der Waals surface area contributed by atoms with Crippen LogP contribution in [-0.2, 0) is 9.47 Å². The zero-order chi connectivity index (χ0) is 12.7. The standard InChI is InChI=1S/C12H12Br3NO2/c13-7-1-10(14)12(11(15)2-7)16(3-8-5-17-8)4-9-6-18-9/h1-2,8-9H,3-6H2. The molecular weight excluding hydrogens is 430 g/mol. The molecular formula is C12H12Br3NO2. The van der Waals surface area contributed by atoms with E-state index in [-0.39, 0.29) is 0 Å². The van der Waals surface area contributed by atoms with E-state index in [9.17, 15) is 0 Å². The van der Waals surface area contributed by atoms with E-state index in [2.05, 4.69) is 64.8 Å². The van der Waals surface area contributed by atoms with Crippen molar-refractivity contribution in [3.05, 3.63) is 25.6 Å². The number of benzene rings is 1. The number of epoxide rings is 2. The molecule has 2 heterocycles. The van der Waals surface area contributed by atoms with Crippen molar-refractivity contribution < 1.29 is 9.47 Å². The van der Waals surface area contributed by atoms with Crippen molar-refractivity contribution >= 4 is 53.5 Å². The number of halogens is 3. The maximum absolute atomic E-state index is 5.34. The smallest absolute Gasteiger partial charge is 0.0984 e. The van der Waals surface area contributed by atoms with Crippen LogP contribution in [0.2, 0.25) is 0 Å². The highest BCUT2D eigenvalue weighted by atomic mass is 79.9. The number of hydrogen-bond acceptors (Lipinski definition) is 3. The highest BCUT2D eigenvalue weighted by Crippen LogP contribution is 2.38. The average Bonchev–Trinajstić information content (AvgIpc) is 3.10. The van der Waals surface area contributed by atoms with Crippen molar-refractivity contribution in [2.24, 2.45) is 0 Å². The molecule has 2 fully saturated rings. The molecule has 2 unspecified atom stereocenters. The first-order valence-corrected chi connectivity index (χ1v) is 8.14. The van der Waals surface area contributed by atoms with Crippen LogP contribution >= 0.6 is 47.8 Å². The lowest BCUT2D eigenvalue weighted by molar-refractivity contribution is 0.389. The summed E-state index contributed by atoms with van der Waals surface area (Å²) >= 11 is 10.8. The van der Waals surface area contributed by atoms with Gasteiger partial charge in [-0.2, -0.15) is 0 Å². The fourth-order valence-corrected chi connectivity index (χ4v) is 4.69. The van der Waals surface area contributed by atoms with Gasteiger partial charge in [0.15, 0.2) is 0 Å². The van der Waals surface area contributed by atoms with E-state index in [1.54, 1.807) is 0 Å². The molecule has 1 aromatic carbocycles. The normalized spacial score (nSPS) is 25.1. The van der Waals surface area contributed by atoms with Crippen LogP contribution in [0.4, 0.5) is 5.69 Å². The number of nitrogens with zero attached hydrogens (tertiary/aromatic N) is 1. The minimum absolute atomic E-state index is 0.367. The Morgan fingerprint density at radius 2 is 1.44 bits per heavy atom. The molecule has 98 valence electrons.